The Morgan fingerprint density at radius 1 is 0.433 bits per heavy atom. The summed E-state index contributed by atoms with van der Waals surface area (Å²) < 4.78 is 0. The van der Waals surface area contributed by atoms with Gasteiger partial charge in [0.25, 0.3) is 0 Å². The van der Waals surface area contributed by atoms with E-state index in [0.29, 0.717) is 0 Å². The minimum absolute atomic E-state index is 0.0307. The summed E-state index contributed by atoms with van der Waals surface area (Å²) in [4.78, 5) is 0. The summed E-state index contributed by atoms with van der Waals surface area (Å²) in [5.41, 5.74) is 5.55. The van der Waals surface area contributed by atoms with Crippen LogP contribution >= 0.6 is 0 Å². The van der Waals surface area contributed by atoms with E-state index in [4.69, 9.17) is 0 Å². The van der Waals surface area contributed by atoms with Crippen LogP contribution in [-0.2, 0) is 21.7 Å². The Morgan fingerprint density at radius 2 is 0.700 bits per heavy atom. The van der Waals surface area contributed by atoms with Crippen molar-refractivity contribution < 1.29 is 0 Å². The largest absolute Gasteiger partial charge is 0.0908 e. The van der Waals surface area contributed by atoms with Crippen molar-refractivity contribution in [2.24, 2.45) is 0 Å². The first-order valence-corrected chi connectivity index (χ1v) is 11.3. The molecule has 0 aliphatic carbocycles. The average molecular weight is 405 g/mol. The average Bonchev–Trinajstić information content (AvgIpc) is 2.51. The smallest absolute Gasteiger partial charge is 0.0105 e. The lowest BCUT2D eigenvalue weighted by molar-refractivity contribution is 0.562. The highest BCUT2D eigenvalue weighted by Gasteiger charge is 2.23. The van der Waals surface area contributed by atoms with Gasteiger partial charge in [0.15, 0.2) is 0 Å². The van der Waals surface area contributed by atoms with Crippen LogP contribution in [0, 0.1) is 10.4 Å². The monoisotopic (exact) mass is 404 g/mol. The van der Waals surface area contributed by atoms with Crippen molar-refractivity contribution in [3.63, 3.8) is 0 Å². The molecular formula is C30H44. The first-order valence-electron chi connectivity index (χ1n) is 11.3. The Morgan fingerprint density at radius 3 is 0.900 bits per heavy atom. The van der Waals surface area contributed by atoms with Crippen LogP contribution in [0.2, 0.25) is 0 Å². The summed E-state index contributed by atoms with van der Waals surface area (Å²) in [6.07, 6.45) is 0. The highest BCUT2D eigenvalue weighted by molar-refractivity contribution is 5.41. The van der Waals surface area contributed by atoms with E-state index in [1.807, 2.05) is 0 Å². The molecule has 30 heavy (non-hydrogen) atoms. The Balaban J connectivity index is 3.32. The van der Waals surface area contributed by atoms with Crippen LogP contribution in [0.15, 0.2) is 24.3 Å². The van der Waals surface area contributed by atoms with E-state index in [-0.39, 0.29) is 21.7 Å². The molecule has 2 aromatic carbocycles. The Bertz CT molecular complexity index is 1040. The van der Waals surface area contributed by atoms with Crippen LogP contribution in [-0.4, -0.2) is 0 Å². The lowest BCUT2D eigenvalue weighted by Crippen LogP contribution is -2.28. The topological polar surface area (TPSA) is 0 Å². The van der Waals surface area contributed by atoms with Gasteiger partial charge < -0.3 is 0 Å². The second-order valence-electron chi connectivity index (χ2n) is 13.1. The molecule has 0 aliphatic rings. The molecule has 0 heterocycles. The second kappa shape index (κ2) is 7.40. The van der Waals surface area contributed by atoms with Gasteiger partial charge in [-0.3, -0.25) is 0 Å². The van der Waals surface area contributed by atoms with Gasteiger partial charge in [0.1, 0.15) is 0 Å². The fourth-order valence-corrected chi connectivity index (χ4v) is 4.03. The third-order valence-electron chi connectivity index (χ3n) is 6.14. The molecule has 0 fully saturated rings. The zero-order valence-electron chi connectivity index (χ0n) is 21.7. The maximum absolute atomic E-state index is 4.58. The molecule has 2 rings (SSSR count). The van der Waals surface area contributed by atoms with Crippen LogP contribution in [0.25, 0.3) is 13.2 Å². The minimum Gasteiger partial charge on any atom is -0.0908 e. The van der Waals surface area contributed by atoms with Crippen LogP contribution < -0.4 is 10.4 Å². The first-order chi connectivity index (χ1) is 13.2. The maximum Gasteiger partial charge on any atom is -0.0105 e. The summed E-state index contributed by atoms with van der Waals surface area (Å²) in [6, 6.07) is 9.46. The van der Waals surface area contributed by atoms with Crippen molar-refractivity contribution in [1.82, 2.24) is 0 Å². The van der Waals surface area contributed by atoms with E-state index < -0.39 is 0 Å². The second-order valence-corrected chi connectivity index (χ2v) is 13.1. The molecule has 0 spiro atoms. The van der Waals surface area contributed by atoms with E-state index in [2.05, 4.69) is 121 Å². The highest BCUT2D eigenvalue weighted by Crippen LogP contribution is 2.29. The van der Waals surface area contributed by atoms with Crippen molar-refractivity contribution in [3.05, 3.63) is 67.4 Å². The zero-order chi connectivity index (χ0) is 23.4. The summed E-state index contributed by atoms with van der Waals surface area (Å²) in [5.74, 6) is 0. The van der Waals surface area contributed by atoms with Gasteiger partial charge in [-0.2, -0.15) is 0 Å². The molecule has 0 N–H and O–H groups in total. The van der Waals surface area contributed by atoms with Crippen LogP contribution in [0.3, 0.4) is 0 Å². The molecule has 0 saturated heterocycles. The van der Waals surface area contributed by atoms with E-state index in [9.17, 15) is 0 Å². The van der Waals surface area contributed by atoms with Crippen LogP contribution in [0.5, 0.6) is 0 Å². The molecule has 0 nitrogen and oxygen atoms in total. The van der Waals surface area contributed by atoms with Gasteiger partial charge in [-0.25, -0.2) is 0 Å². The fourth-order valence-electron chi connectivity index (χ4n) is 4.03. The van der Waals surface area contributed by atoms with Crippen molar-refractivity contribution >= 4 is 13.2 Å². The van der Waals surface area contributed by atoms with Gasteiger partial charge >= 0.3 is 0 Å². The van der Waals surface area contributed by atoms with Crippen molar-refractivity contribution in [2.75, 3.05) is 0 Å². The molecular weight excluding hydrogens is 360 g/mol. The van der Waals surface area contributed by atoms with Crippen LogP contribution in [0.1, 0.15) is 105 Å². The van der Waals surface area contributed by atoms with Crippen molar-refractivity contribution in [1.29, 1.82) is 0 Å². The summed E-state index contributed by atoms with van der Waals surface area (Å²) in [6.45, 7) is 36.6. The standard InChI is InChI=1S/C30H44/c1-19-23(15-21(27(3,4)5)17-25(19)29(9,10)11)24-16-22(28(6,7)8)18-26(20(24)2)30(12,13)14/h15-18H,1-2H2,3-14H3. The third kappa shape index (κ3) is 4.90. The molecule has 0 aliphatic heterocycles. The molecule has 0 saturated carbocycles. The maximum atomic E-state index is 4.58. The van der Waals surface area contributed by atoms with Gasteiger partial charge in [-0.1, -0.05) is 121 Å². The van der Waals surface area contributed by atoms with Crippen LogP contribution in [0.4, 0.5) is 0 Å². The van der Waals surface area contributed by atoms with Gasteiger partial charge in [0.05, 0.1) is 0 Å². The summed E-state index contributed by atoms with van der Waals surface area (Å²) in [5, 5.41) is 4.72. The third-order valence-corrected chi connectivity index (χ3v) is 6.14. The normalized spacial score (nSPS) is 14.8. The van der Waals surface area contributed by atoms with Crippen molar-refractivity contribution in [2.45, 2.75) is 105 Å². The van der Waals surface area contributed by atoms with E-state index >= 15 is 0 Å². The fraction of sp³-hybridized carbons (Fsp3) is 0.533. The summed E-state index contributed by atoms with van der Waals surface area (Å²) >= 11 is 0. The Labute approximate surface area is 185 Å². The predicted molar refractivity (Wildman–Crippen MR) is 136 cm³/mol. The van der Waals surface area contributed by atoms with Crippen molar-refractivity contribution in [3.8, 4) is 0 Å². The summed E-state index contributed by atoms with van der Waals surface area (Å²) in [7, 11) is 0. The SMILES string of the molecule is C=c1c(C(C)(C)C)cc(C(C)(C)C)cc1=c1cc(C(C)(C)C)cc(C(C)(C)C)c1=C. The quantitative estimate of drug-likeness (QED) is 0.444. The van der Waals surface area contributed by atoms with Gasteiger partial charge in [-0.15, -0.1) is 0 Å². The first kappa shape index (κ1) is 24.4. The lowest BCUT2D eigenvalue weighted by Gasteiger charge is -2.27. The molecule has 0 heteroatoms. The van der Waals surface area contributed by atoms with E-state index in [0.717, 1.165) is 10.4 Å². The number of hydrogen-bond donors (Lipinski definition) is 0. The molecule has 0 bridgehead atoms. The number of hydrogen-bond acceptors (Lipinski definition) is 0. The number of benzene rings is 2. The molecule has 164 valence electrons. The van der Waals surface area contributed by atoms with E-state index in [1.54, 1.807) is 0 Å². The zero-order valence-corrected chi connectivity index (χ0v) is 21.7. The molecule has 0 radical (unpaired) electrons. The molecule has 0 unspecified atom stereocenters. The molecule has 0 aromatic heterocycles. The minimum atomic E-state index is 0.0307. The van der Waals surface area contributed by atoms with E-state index in [1.165, 1.54) is 32.7 Å². The predicted octanol–water partition coefficient (Wildman–Crippen LogP) is 6.98. The molecule has 2 aromatic rings. The molecule has 0 amide bonds. The highest BCUT2D eigenvalue weighted by atomic mass is 14.3. The lowest BCUT2D eigenvalue weighted by atomic mass is 9.77. The van der Waals surface area contributed by atoms with Gasteiger partial charge in [0, 0.05) is 0 Å². The van der Waals surface area contributed by atoms with Gasteiger partial charge in [0.2, 0.25) is 0 Å². The Kier molecular flexibility index (Phi) is 6.03. The van der Waals surface area contributed by atoms with Gasteiger partial charge in [-0.05, 0) is 64.8 Å². The Hall–Kier alpha value is -1.82. The molecule has 0 atom stereocenters. The number of rotatable bonds is 0.